The summed E-state index contributed by atoms with van der Waals surface area (Å²) in [7, 11) is 0. The maximum Gasteiger partial charge on any atom is 0.389 e. The molecule has 0 aliphatic heterocycles. The molecule has 4 heteroatoms. The Bertz CT molecular complexity index is 1260. The Labute approximate surface area is 230 Å². The monoisotopic (exact) mass is 530 g/mol. The van der Waals surface area contributed by atoms with Crippen molar-refractivity contribution < 1.29 is 17.9 Å². The fourth-order valence-electron chi connectivity index (χ4n) is 6.10. The standard InChI is InChI=1S/C35H37F3O/c1-5-30(28-19-21-29(22-20-28)39-24-12-23-34(36,37)38)35(31-16-9-6-13-25(31)2,32-17-10-7-14-26(32)3)33-18-11-8-15-27(33)4/h6-11,13-22,30H,5,12,23-24H2,1-4H3. The minimum atomic E-state index is -4.16. The van der Waals surface area contributed by atoms with Crippen molar-refractivity contribution in [2.75, 3.05) is 6.61 Å². The molecule has 0 heterocycles. The van der Waals surface area contributed by atoms with Gasteiger partial charge in [-0.15, -0.1) is 0 Å². The second kappa shape index (κ2) is 12.1. The summed E-state index contributed by atoms with van der Waals surface area (Å²) in [6.45, 7) is 8.83. The number of hydrogen-bond acceptors (Lipinski definition) is 1. The van der Waals surface area contributed by atoms with Gasteiger partial charge in [0, 0.05) is 12.3 Å². The maximum atomic E-state index is 12.5. The zero-order valence-corrected chi connectivity index (χ0v) is 23.2. The topological polar surface area (TPSA) is 9.23 Å². The van der Waals surface area contributed by atoms with Gasteiger partial charge in [-0.05, 0) is 84.7 Å². The van der Waals surface area contributed by atoms with Crippen LogP contribution in [0.1, 0.15) is 71.0 Å². The van der Waals surface area contributed by atoms with Gasteiger partial charge in [0.2, 0.25) is 0 Å². The van der Waals surface area contributed by atoms with Crippen molar-refractivity contribution in [2.24, 2.45) is 0 Å². The fraction of sp³-hybridized carbons (Fsp3) is 0.314. The summed E-state index contributed by atoms with van der Waals surface area (Å²) in [5.41, 5.74) is 8.20. The van der Waals surface area contributed by atoms with Crippen LogP contribution in [0.3, 0.4) is 0 Å². The lowest BCUT2D eigenvalue weighted by atomic mass is 9.57. The first-order valence-corrected chi connectivity index (χ1v) is 13.7. The molecule has 39 heavy (non-hydrogen) atoms. The Morgan fingerprint density at radius 1 is 0.641 bits per heavy atom. The van der Waals surface area contributed by atoms with E-state index in [-0.39, 0.29) is 18.9 Å². The highest BCUT2D eigenvalue weighted by atomic mass is 19.4. The summed E-state index contributed by atoms with van der Waals surface area (Å²) in [5, 5.41) is 0. The smallest absolute Gasteiger partial charge is 0.389 e. The maximum absolute atomic E-state index is 12.5. The van der Waals surface area contributed by atoms with Crippen LogP contribution in [0.25, 0.3) is 0 Å². The van der Waals surface area contributed by atoms with Gasteiger partial charge in [0.1, 0.15) is 5.75 Å². The Hall–Kier alpha value is -3.53. The molecule has 4 aromatic carbocycles. The van der Waals surface area contributed by atoms with Gasteiger partial charge in [0.05, 0.1) is 12.0 Å². The highest BCUT2D eigenvalue weighted by Crippen LogP contribution is 2.53. The molecule has 0 N–H and O–H groups in total. The first kappa shape index (κ1) is 28.5. The van der Waals surface area contributed by atoms with Gasteiger partial charge in [-0.3, -0.25) is 0 Å². The quantitative estimate of drug-likeness (QED) is 0.146. The van der Waals surface area contributed by atoms with Crippen LogP contribution < -0.4 is 4.74 Å². The van der Waals surface area contributed by atoms with E-state index in [0.717, 1.165) is 12.0 Å². The van der Waals surface area contributed by atoms with Crippen LogP contribution in [0.2, 0.25) is 0 Å². The van der Waals surface area contributed by atoms with Crippen LogP contribution in [0.15, 0.2) is 97.1 Å². The normalized spacial score (nSPS) is 12.8. The van der Waals surface area contributed by atoms with E-state index in [9.17, 15) is 13.2 Å². The molecular weight excluding hydrogens is 493 g/mol. The molecule has 1 nitrogen and oxygen atoms in total. The summed E-state index contributed by atoms with van der Waals surface area (Å²) in [5.74, 6) is 0.670. The molecule has 0 bridgehead atoms. The second-order valence-electron chi connectivity index (χ2n) is 10.3. The average molecular weight is 531 g/mol. The van der Waals surface area contributed by atoms with E-state index >= 15 is 0 Å². The van der Waals surface area contributed by atoms with E-state index in [2.05, 4.69) is 113 Å². The highest BCUT2D eigenvalue weighted by molar-refractivity contribution is 5.60. The van der Waals surface area contributed by atoms with Crippen molar-refractivity contribution in [3.05, 3.63) is 136 Å². The first-order valence-electron chi connectivity index (χ1n) is 13.7. The van der Waals surface area contributed by atoms with Gasteiger partial charge >= 0.3 is 6.18 Å². The lowest BCUT2D eigenvalue weighted by molar-refractivity contribution is -0.136. The summed E-state index contributed by atoms with van der Waals surface area (Å²) >= 11 is 0. The van der Waals surface area contributed by atoms with Gasteiger partial charge in [-0.25, -0.2) is 0 Å². The molecule has 0 fully saturated rings. The highest BCUT2D eigenvalue weighted by Gasteiger charge is 2.45. The van der Waals surface area contributed by atoms with Gasteiger partial charge in [0.25, 0.3) is 0 Å². The van der Waals surface area contributed by atoms with Crippen molar-refractivity contribution in [2.45, 2.75) is 64.5 Å². The Morgan fingerprint density at radius 3 is 1.46 bits per heavy atom. The third-order valence-electron chi connectivity index (χ3n) is 7.80. The zero-order valence-electron chi connectivity index (χ0n) is 23.2. The zero-order chi connectivity index (χ0) is 28.0. The van der Waals surface area contributed by atoms with Gasteiger partial charge in [0.15, 0.2) is 0 Å². The van der Waals surface area contributed by atoms with Crippen molar-refractivity contribution in [1.82, 2.24) is 0 Å². The minimum Gasteiger partial charge on any atom is -0.494 e. The van der Waals surface area contributed by atoms with Gasteiger partial charge in [-0.1, -0.05) is 91.9 Å². The van der Waals surface area contributed by atoms with Crippen LogP contribution >= 0.6 is 0 Å². The summed E-state index contributed by atoms with van der Waals surface area (Å²) in [4.78, 5) is 0. The van der Waals surface area contributed by atoms with E-state index in [1.807, 2.05) is 12.1 Å². The van der Waals surface area contributed by atoms with Gasteiger partial charge < -0.3 is 4.74 Å². The summed E-state index contributed by atoms with van der Waals surface area (Å²) in [6.07, 6.45) is -4.18. The lowest BCUT2D eigenvalue weighted by Gasteiger charge is -2.45. The largest absolute Gasteiger partial charge is 0.494 e. The molecule has 0 aromatic heterocycles. The lowest BCUT2D eigenvalue weighted by Crippen LogP contribution is -2.38. The fourth-order valence-corrected chi connectivity index (χ4v) is 6.10. The number of benzene rings is 4. The summed E-state index contributed by atoms with van der Waals surface area (Å²) in [6, 6.07) is 33.9. The third kappa shape index (κ3) is 6.06. The molecule has 0 aliphatic rings. The third-order valence-corrected chi connectivity index (χ3v) is 7.80. The van der Waals surface area contributed by atoms with Gasteiger partial charge in [-0.2, -0.15) is 13.2 Å². The molecule has 1 atom stereocenters. The molecule has 0 aliphatic carbocycles. The molecule has 1 unspecified atom stereocenters. The minimum absolute atomic E-state index is 0.0373. The molecule has 4 rings (SSSR count). The van der Waals surface area contributed by atoms with Crippen molar-refractivity contribution in [3.63, 3.8) is 0 Å². The number of alkyl halides is 3. The van der Waals surface area contributed by atoms with E-state index in [0.29, 0.717) is 5.75 Å². The molecule has 0 amide bonds. The SMILES string of the molecule is CCC(c1ccc(OCCCC(F)(F)F)cc1)C(c1ccccc1C)(c1ccccc1C)c1ccccc1C. The van der Waals surface area contributed by atoms with Crippen molar-refractivity contribution >= 4 is 0 Å². The predicted octanol–water partition coefficient (Wildman–Crippen LogP) is 9.86. The van der Waals surface area contributed by atoms with E-state index in [1.54, 1.807) is 0 Å². The first-order chi connectivity index (χ1) is 18.7. The van der Waals surface area contributed by atoms with E-state index in [4.69, 9.17) is 4.74 Å². The molecule has 0 spiro atoms. The van der Waals surface area contributed by atoms with E-state index in [1.165, 1.54) is 33.4 Å². The Balaban J connectivity index is 1.88. The van der Waals surface area contributed by atoms with E-state index < -0.39 is 18.0 Å². The number of hydrogen-bond donors (Lipinski definition) is 0. The van der Waals surface area contributed by atoms with Crippen LogP contribution in [-0.2, 0) is 5.41 Å². The average Bonchev–Trinajstić information content (AvgIpc) is 2.91. The van der Waals surface area contributed by atoms with Crippen LogP contribution in [0, 0.1) is 20.8 Å². The Kier molecular flexibility index (Phi) is 8.84. The molecule has 0 saturated carbocycles. The summed E-state index contributed by atoms with van der Waals surface area (Å²) < 4.78 is 43.2. The Morgan fingerprint density at radius 2 is 1.08 bits per heavy atom. The van der Waals surface area contributed by atoms with Crippen molar-refractivity contribution in [1.29, 1.82) is 0 Å². The molecule has 204 valence electrons. The molecule has 0 radical (unpaired) electrons. The van der Waals surface area contributed by atoms with Crippen LogP contribution in [0.4, 0.5) is 13.2 Å². The molecular formula is C35H37F3O. The number of ether oxygens (including phenoxy) is 1. The second-order valence-corrected chi connectivity index (χ2v) is 10.3. The predicted molar refractivity (Wildman–Crippen MR) is 154 cm³/mol. The van der Waals surface area contributed by atoms with Crippen LogP contribution in [-0.4, -0.2) is 12.8 Å². The number of halogens is 3. The molecule has 4 aromatic rings. The van der Waals surface area contributed by atoms with Crippen LogP contribution in [0.5, 0.6) is 5.75 Å². The number of aryl methyl sites for hydroxylation is 3. The number of rotatable bonds is 10. The van der Waals surface area contributed by atoms with Crippen molar-refractivity contribution in [3.8, 4) is 5.75 Å². The molecule has 0 saturated heterocycles.